The molecule has 1 aromatic rings. The van der Waals surface area contributed by atoms with Gasteiger partial charge in [-0.25, -0.2) is 9.79 Å². The molecule has 0 aromatic heterocycles. The fourth-order valence-corrected chi connectivity index (χ4v) is 3.28. The number of nitrogens with zero attached hydrogens (tertiary/aromatic N) is 1. The van der Waals surface area contributed by atoms with Gasteiger partial charge in [0.1, 0.15) is 11.5 Å². The lowest BCUT2D eigenvalue weighted by Gasteiger charge is -2.19. The van der Waals surface area contributed by atoms with Crippen molar-refractivity contribution in [3.8, 4) is 11.5 Å². The number of methoxy groups -OCH3 is 2. The van der Waals surface area contributed by atoms with Crippen LogP contribution in [0.15, 0.2) is 22.8 Å². The predicted molar refractivity (Wildman–Crippen MR) is 92.4 cm³/mol. The zero-order valence-electron chi connectivity index (χ0n) is 14.4. The van der Waals surface area contributed by atoms with E-state index in [-0.39, 0.29) is 5.92 Å². The highest BCUT2D eigenvalue weighted by atomic mass is 16.6. The summed E-state index contributed by atoms with van der Waals surface area (Å²) in [5.41, 5.74) is 2.04. The average molecular weight is 329 g/mol. The molecule has 0 atom stereocenters. The molecule has 3 rings (SSSR count). The van der Waals surface area contributed by atoms with Crippen LogP contribution in [0.5, 0.6) is 11.5 Å². The summed E-state index contributed by atoms with van der Waals surface area (Å²) in [6.07, 6.45) is 7.38. The van der Waals surface area contributed by atoms with Gasteiger partial charge in [-0.05, 0) is 43.5 Å². The molecule has 0 saturated heterocycles. The molecule has 0 radical (unpaired) electrons. The minimum Gasteiger partial charge on any atom is -0.496 e. The molecule has 5 heteroatoms. The summed E-state index contributed by atoms with van der Waals surface area (Å²) >= 11 is 0. The van der Waals surface area contributed by atoms with Crippen molar-refractivity contribution in [1.29, 1.82) is 0 Å². The first-order valence-corrected chi connectivity index (χ1v) is 8.37. The first kappa shape index (κ1) is 16.6. The molecule has 1 heterocycles. The third-order valence-corrected chi connectivity index (χ3v) is 4.63. The minimum absolute atomic E-state index is 0.267. The summed E-state index contributed by atoms with van der Waals surface area (Å²) in [7, 11) is 3.22. The molecule has 0 unspecified atom stereocenters. The van der Waals surface area contributed by atoms with Gasteiger partial charge >= 0.3 is 5.97 Å². The van der Waals surface area contributed by atoms with Gasteiger partial charge in [-0.1, -0.05) is 19.3 Å². The van der Waals surface area contributed by atoms with Gasteiger partial charge in [0, 0.05) is 11.5 Å². The molecular weight excluding hydrogens is 306 g/mol. The van der Waals surface area contributed by atoms with E-state index in [1.54, 1.807) is 20.3 Å². The molecule has 1 fully saturated rings. The quantitative estimate of drug-likeness (QED) is 0.621. The normalized spacial score (nSPS) is 20.0. The first-order valence-electron chi connectivity index (χ1n) is 8.37. The number of benzene rings is 1. The average Bonchev–Trinajstić information content (AvgIpc) is 2.97. The van der Waals surface area contributed by atoms with Crippen LogP contribution in [0.4, 0.5) is 0 Å². The Morgan fingerprint density at radius 2 is 1.83 bits per heavy atom. The lowest BCUT2D eigenvalue weighted by Crippen LogP contribution is -2.19. The second-order valence-electron chi connectivity index (χ2n) is 6.27. The topological polar surface area (TPSA) is 57.1 Å². The van der Waals surface area contributed by atoms with E-state index in [1.165, 1.54) is 19.3 Å². The van der Waals surface area contributed by atoms with Gasteiger partial charge < -0.3 is 14.2 Å². The molecule has 1 aliphatic heterocycles. The van der Waals surface area contributed by atoms with E-state index in [9.17, 15) is 4.79 Å². The van der Waals surface area contributed by atoms with Crippen LogP contribution in [0.2, 0.25) is 0 Å². The van der Waals surface area contributed by atoms with E-state index in [0.29, 0.717) is 17.3 Å². The fourth-order valence-electron chi connectivity index (χ4n) is 3.28. The fraction of sp³-hybridized carbons (Fsp3) is 0.474. The van der Waals surface area contributed by atoms with Crippen molar-refractivity contribution in [2.75, 3.05) is 14.2 Å². The smallest absolute Gasteiger partial charge is 0.363 e. The van der Waals surface area contributed by atoms with Crippen LogP contribution in [0.25, 0.3) is 6.08 Å². The molecule has 0 spiro atoms. The third-order valence-electron chi connectivity index (χ3n) is 4.63. The van der Waals surface area contributed by atoms with Gasteiger partial charge in [-0.3, -0.25) is 0 Å². The molecule has 2 aliphatic rings. The Kier molecular flexibility index (Phi) is 4.88. The maximum atomic E-state index is 12.2. The van der Waals surface area contributed by atoms with Gasteiger partial charge in [0.25, 0.3) is 0 Å². The van der Waals surface area contributed by atoms with Gasteiger partial charge in [-0.15, -0.1) is 0 Å². The van der Waals surface area contributed by atoms with Gasteiger partial charge in [-0.2, -0.15) is 0 Å². The van der Waals surface area contributed by atoms with Crippen molar-refractivity contribution in [3.05, 3.63) is 29.0 Å². The van der Waals surface area contributed by atoms with E-state index in [1.807, 2.05) is 19.1 Å². The lowest BCUT2D eigenvalue weighted by molar-refractivity contribution is -0.130. The van der Waals surface area contributed by atoms with Crippen molar-refractivity contribution in [2.45, 2.75) is 39.0 Å². The summed E-state index contributed by atoms with van der Waals surface area (Å²) in [5, 5.41) is 0. The second-order valence-corrected chi connectivity index (χ2v) is 6.27. The highest BCUT2D eigenvalue weighted by Crippen LogP contribution is 2.32. The second kappa shape index (κ2) is 7.07. The van der Waals surface area contributed by atoms with Crippen LogP contribution in [0, 0.1) is 12.8 Å². The summed E-state index contributed by atoms with van der Waals surface area (Å²) < 4.78 is 16.2. The number of esters is 1. The highest BCUT2D eigenvalue weighted by Gasteiger charge is 2.30. The van der Waals surface area contributed by atoms with Gasteiger partial charge in [0.2, 0.25) is 5.90 Å². The van der Waals surface area contributed by atoms with Crippen molar-refractivity contribution in [2.24, 2.45) is 10.9 Å². The molecule has 128 valence electrons. The maximum absolute atomic E-state index is 12.2. The SMILES string of the molecule is COc1cc(/C=C2/N=C(C3CCCCC3)OC2=O)c(OC)cc1C. The van der Waals surface area contributed by atoms with Crippen molar-refractivity contribution in [1.82, 2.24) is 0 Å². The third kappa shape index (κ3) is 3.30. The largest absolute Gasteiger partial charge is 0.496 e. The number of aryl methyl sites for hydroxylation is 1. The van der Waals surface area contributed by atoms with Crippen LogP contribution >= 0.6 is 0 Å². The Balaban J connectivity index is 1.92. The standard InChI is InChI=1S/C19H23NO4/c1-12-9-17(23-3)14(11-16(12)22-2)10-15-19(21)24-18(20-15)13-7-5-4-6-8-13/h9-11,13H,4-8H2,1-3H3/b15-10+. The Bertz CT molecular complexity index is 700. The molecule has 24 heavy (non-hydrogen) atoms. The van der Waals surface area contributed by atoms with E-state index in [4.69, 9.17) is 14.2 Å². The van der Waals surface area contributed by atoms with Crippen molar-refractivity contribution in [3.63, 3.8) is 0 Å². The minimum atomic E-state index is -0.392. The number of rotatable bonds is 4. The first-order chi connectivity index (χ1) is 11.6. The Morgan fingerprint density at radius 3 is 2.50 bits per heavy atom. The van der Waals surface area contributed by atoms with Crippen LogP contribution in [0.1, 0.15) is 43.2 Å². The van der Waals surface area contributed by atoms with Crippen LogP contribution in [-0.2, 0) is 9.53 Å². The van der Waals surface area contributed by atoms with Crippen molar-refractivity contribution >= 4 is 17.9 Å². The number of hydrogen-bond acceptors (Lipinski definition) is 5. The van der Waals surface area contributed by atoms with Gasteiger partial charge in [0.05, 0.1) is 14.2 Å². The van der Waals surface area contributed by atoms with E-state index >= 15 is 0 Å². The molecule has 1 saturated carbocycles. The summed E-state index contributed by atoms with van der Waals surface area (Å²) in [6, 6.07) is 3.74. The number of aliphatic imine (C=N–C) groups is 1. The Morgan fingerprint density at radius 1 is 1.12 bits per heavy atom. The monoisotopic (exact) mass is 329 g/mol. The number of carbonyl (C=O) groups is 1. The Hall–Kier alpha value is -2.30. The summed E-state index contributed by atoms with van der Waals surface area (Å²) in [5.74, 6) is 1.87. The lowest BCUT2D eigenvalue weighted by atomic mass is 9.89. The summed E-state index contributed by atoms with van der Waals surface area (Å²) in [4.78, 5) is 16.6. The molecule has 0 amide bonds. The number of hydrogen-bond donors (Lipinski definition) is 0. The zero-order valence-corrected chi connectivity index (χ0v) is 14.4. The van der Waals surface area contributed by atoms with E-state index in [2.05, 4.69) is 4.99 Å². The van der Waals surface area contributed by atoms with Gasteiger partial charge in [0.15, 0.2) is 5.70 Å². The maximum Gasteiger partial charge on any atom is 0.363 e. The van der Waals surface area contributed by atoms with E-state index < -0.39 is 5.97 Å². The molecule has 1 aliphatic carbocycles. The number of ether oxygens (including phenoxy) is 3. The van der Waals surface area contributed by atoms with Crippen LogP contribution in [-0.4, -0.2) is 26.1 Å². The molecular formula is C19H23NO4. The summed E-state index contributed by atoms with van der Waals surface area (Å²) in [6.45, 7) is 1.95. The number of carbonyl (C=O) groups excluding carboxylic acids is 1. The van der Waals surface area contributed by atoms with Crippen molar-refractivity contribution < 1.29 is 19.0 Å². The Labute approximate surface area is 142 Å². The number of cyclic esters (lactones) is 1. The molecule has 5 nitrogen and oxygen atoms in total. The van der Waals surface area contributed by atoms with E-state index in [0.717, 1.165) is 29.7 Å². The molecule has 0 N–H and O–H groups in total. The predicted octanol–water partition coefficient (Wildman–Crippen LogP) is 3.89. The van der Waals surface area contributed by atoms with Crippen LogP contribution < -0.4 is 9.47 Å². The highest BCUT2D eigenvalue weighted by molar-refractivity contribution is 6.08. The molecule has 0 bridgehead atoms. The zero-order chi connectivity index (χ0) is 17.1. The molecule has 1 aromatic carbocycles. The van der Waals surface area contributed by atoms with Crippen LogP contribution in [0.3, 0.4) is 0 Å².